The van der Waals surface area contributed by atoms with Crippen LogP contribution >= 0.6 is 24.8 Å². The number of aromatic nitrogens is 2. The van der Waals surface area contributed by atoms with Crippen LogP contribution in [0.5, 0.6) is 0 Å². The molecule has 0 saturated carbocycles. The molecule has 1 saturated heterocycles. The van der Waals surface area contributed by atoms with E-state index in [9.17, 15) is 9.18 Å². The first kappa shape index (κ1) is 22.4. The maximum absolute atomic E-state index is 14.2. The predicted molar refractivity (Wildman–Crippen MR) is 106 cm³/mol. The first-order valence-electron chi connectivity index (χ1n) is 8.42. The van der Waals surface area contributed by atoms with Gasteiger partial charge in [0.2, 0.25) is 5.91 Å². The van der Waals surface area contributed by atoms with E-state index in [1.165, 1.54) is 12.4 Å². The Morgan fingerprint density at radius 3 is 2.73 bits per heavy atom. The van der Waals surface area contributed by atoms with Crippen molar-refractivity contribution in [3.05, 3.63) is 42.7 Å². The summed E-state index contributed by atoms with van der Waals surface area (Å²) in [5.41, 5.74) is 0.896. The van der Waals surface area contributed by atoms with Gasteiger partial charge in [-0.2, -0.15) is 0 Å². The summed E-state index contributed by atoms with van der Waals surface area (Å²) >= 11 is 0. The van der Waals surface area contributed by atoms with Crippen molar-refractivity contribution in [3.8, 4) is 5.69 Å². The molecule has 0 bridgehead atoms. The summed E-state index contributed by atoms with van der Waals surface area (Å²) in [7, 11) is 0. The number of carbonyl (C=O) groups excluding carboxylic acids is 1. The lowest BCUT2D eigenvalue weighted by Gasteiger charge is -2.27. The standard InChI is InChI=1S/C18H23FN4O.2ClH/c1-13(14-4-6-20-7-5-14)10-18(24)22-15-2-3-17(16(19)11-15)23-9-8-21-12-23;;/h2-3,8-9,11-14,20H,4-7,10H2,1H3,(H,22,24);2*1H. The summed E-state index contributed by atoms with van der Waals surface area (Å²) in [6.07, 6.45) is 7.51. The number of hydrogen-bond donors (Lipinski definition) is 2. The third-order valence-electron chi connectivity index (χ3n) is 4.71. The van der Waals surface area contributed by atoms with Crippen LogP contribution in [0.3, 0.4) is 0 Å². The van der Waals surface area contributed by atoms with Crippen LogP contribution < -0.4 is 10.6 Å². The molecule has 5 nitrogen and oxygen atoms in total. The zero-order chi connectivity index (χ0) is 16.9. The number of amides is 1. The van der Waals surface area contributed by atoms with Gasteiger partial charge in [-0.05, 0) is 56.0 Å². The third kappa shape index (κ3) is 5.69. The smallest absolute Gasteiger partial charge is 0.224 e. The fourth-order valence-corrected chi connectivity index (χ4v) is 3.28. The lowest BCUT2D eigenvalue weighted by molar-refractivity contribution is -0.117. The molecule has 1 atom stereocenters. The number of hydrogen-bond acceptors (Lipinski definition) is 3. The van der Waals surface area contributed by atoms with Crippen molar-refractivity contribution < 1.29 is 9.18 Å². The highest BCUT2D eigenvalue weighted by Crippen LogP contribution is 2.25. The van der Waals surface area contributed by atoms with E-state index in [0.29, 0.717) is 29.6 Å². The van der Waals surface area contributed by atoms with Crippen molar-refractivity contribution >= 4 is 36.4 Å². The average molecular weight is 403 g/mol. The fraction of sp³-hybridized carbons (Fsp3) is 0.444. The fourth-order valence-electron chi connectivity index (χ4n) is 3.28. The van der Waals surface area contributed by atoms with Gasteiger partial charge < -0.3 is 15.2 Å². The highest BCUT2D eigenvalue weighted by atomic mass is 35.5. The third-order valence-corrected chi connectivity index (χ3v) is 4.71. The number of rotatable bonds is 5. The first-order chi connectivity index (χ1) is 11.6. The summed E-state index contributed by atoms with van der Waals surface area (Å²) in [5, 5.41) is 6.14. The van der Waals surface area contributed by atoms with Crippen LogP contribution in [0.15, 0.2) is 36.9 Å². The van der Waals surface area contributed by atoms with Crippen LogP contribution in [0, 0.1) is 17.7 Å². The molecule has 2 heterocycles. The van der Waals surface area contributed by atoms with Crippen LogP contribution in [-0.4, -0.2) is 28.5 Å². The molecular weight excluding hydrogens is 378 g/mol. The Balaban J connectivity index is 0.00000169. The molecule has 8 heteroatoms. The highest BCUT2D eigenvalue weighted by molar-refractivity contribution is 5.91. The van der Waals surface area contributed by atoms with Crippen LogP contribution in [0.1, 0.15) is 26.2 Å². The van der Waals surface area contributed by atoms with Gasteiger partial charge in [-0.1, -0.05) is 6.92 Å². The van der Waals surface area contributed by atoms with Crippen LogP contribution in [0.25, 0.3) is 5.69 Å². The lowest BCUT2D eigenvalue weighted by Crippen LogP contribution is -2.32. The molecular formula is C18H25Cl2FN4O. The second-order valence-corrected chi connectivity index (χ2v) is 6.45. The summed E-state index contributed by atoms with van der Waals surface area (Å²) in [5.74, 6) is 0.465. The molecule has 1 aromatic heterocycles. The van der Waals surface area contributed by atoms with Gasteiger partial charge in [0.05, 0.1) is 12.0 Å². The van der Waals surface area contributed by atoms with Crippen molar-refractivity contribution in [2.24, 2.45) is 11.8 Å². The summed E-state index contributed by atoms with van der Waals surface area (Å²) < 4.78 is 15.8. The van der Waals surface area contributed by atoms with E-state index in [4.69, 9.17) is 0 Å². The SMILES string of the molecule is CC(CC(=O)Nc1ccc(-n2ccnc2)c(F)c1)C1CCNCC1.Cl.Cl. The van der Waals surface area contributed by atoms with Gasteiger partial charge in [0.25, 0.3) is 0 Å². The second kappa shape index (κ2) is 10.5. The van der Waals surface area contributed by atoms with Crippen molar-refractivity contribution in [1.29, 1.82) is 0 Å². The Morgan fingerprint density at radius 2 is 2.12 bits per heavy atom. The second-order valence-electron chi connectivity index (χ2n) is 6.45. The maximum Gasteiger partial charge on any atom is 0.224 e. The quantitative estimate of drug-likeness (QED) is 0.798. The van der Waals surface area contributed by atoms with Gasteiger partial charge in [-0.25, -0.2) is 9.37 Å². The molecule has 2 aromatic rings. The number of nitrogens with one attached hydrogen (secondary N) is 2. The monoisotopic (exact) mass is 402 g/mol. The Hall–Kier alpha value is -1.63. The number of benzene rings is 1. The number of carbonyl (C=O) groups is 1. The number of anilines is 1. The van der Waals surface area contributed by atoms with Crippen LogP contribution in [0.2, 0.25) is 0 Å². The van der Waals surface area contributed by atoms with Crippen molar-refractivity contribution in [1.82, 2.24) is 14.9 Å². The van der Waals surface area contributed by atoms with E-state index < -0.39 is 5.82 Å². The minimum absolute atomic E-state index is 0. The molecule has 1 aliphatic heterocycles. The Kier molecular flexibility index (Phi) is 9.05. The number of nitrogens with zero attached hydrogens (tertiary/aromatic N) is 2. The highest BCUT2D eigenvalue weighted by Gasteiger charge is 2.22. The molecule has 1 aromatic carbocycles. The van der Waals surface area contributed by atoms with Gasteiger partial charge in [0, 0.05) is 24.5 Å². The van der Waals surface area contributed by atoms with E-state index in [1.807, 2.05) is 0 Å². The molecule has 0 aliphatic carbocycles. The molecule has 1 amide bonds. The van der Waals surface area contributed by atoms with E-state index in [-0.39, 0.29) is 30.7 Å². The van der Waals surface area contributed by atoms with E-state index >= 15 is 0 Å². The first-order valence-corrected chi connectivity index (χ1v) is 8.42. The van der Waals surface area contributed by atoms with Crippen molar-refractivity contribution in [3.63, 3.8) is 0 Å². The number of imidazole rings is 1. The summed E-state index contributed by atoms with van der Waals surface area (Å²) in [6.45, 7) is 4.17. The van der Waals surface area contributed by atoms with Gasteiger partial charge in [0.1, 0.15) is 5.82 Å². The van der Waals surface area contributed by atoms with E-state index in [2.05, 4.69) is 22.5 Å². The molecule has 26 heavy (non-hydrogen) atoms. The average Bonchev–Trinajstić information content (AvgIpc) is 3.10. The normalized spacial score (nSPS) is 15.5. The molecule has 0 radical (unpaired) electrons. The van der Waals surface area contributed by atoms with Gasteiger partial charge in [-0.3, -0.25) is 4.79 Å². The zero-order valence-electron chi connectivity index (χ0n) is 14.7. The molecule has 1 aliphatic rings. The maximum atomic E-state index is 14.2. The zero-order valence-corrected chi connectivity index (χ0v) is 16.3. The Morgan fingerprint density at radius 1 is 1.38 bits per heavy atom. The molecule has 2 N–H and O–H groups in total. The predicted octanol–water partition coefficient (Wildman–Crippen LogP) is 3.82. The largest absolute Gasteiger partial charge is 0.326 e. The van der Waals surface area contributed by atoms with Crippen molar-refractivity contribution in [2.45, 2.75) is 26.2 Å². The summed E-state index contributed by atoms with van der Waals surface area (Å²) in [6, 6.07) is 4.71. The number of halogens is 3. The molecule has 3 rings (SSSR count). The van der Waals surface area contributed by atoms with Crippen molar-refractivity contribution in [2.75, 3.05) is 18.4 Å². The summed E-state index contributed by atoms with van der Waals surface area (Å²) in [4.78, 5) is 16.1. The topological polar surface area (TPSA) is 59.0 Å². The molecule has 0 spiro atoms. The van der Waals surface area contributed by atoms with E-state index in [0.717, 1.165) is 25.9 Å². The van der Waals surface area contributed by atoms with Gasteiger partial charge in [0.15, 0.2) is 0 Å². The minimum atomic E-state index is -0.391. The molecule has 144 valence electrons. The molecule has 1 unspecified atom stereocenters. The molecule has 1 fully saturated rings. The van der Waals surface area contributed by atoms with Gasteiger partial charge >= 0.3 is 0 Å². The number of piperidine rings is 1. The van der Waals surface area contributed by atoms with E-state index in [1.54, 1.807) is 29.1 Å². The Labute approximate surface area is 165 Å². The lowest BCUT2D eigenvalue weighted by atomic mass is 9.84. The minimum Gasteiger partial charge on any atom is -0.326 e. The van der Waals surface area contributed by atoms with Crippen LogP contribution in [-0.2, 0) is 4.79 Å². The Bertz CT molecular complexity index is 691. The van der Waals surface area contributed by atoms with Gasteiger partial charge in [-0.15, -0.1) is 24.8 Å². The van der Waals surface area contributed by atoms with Crippen LogP contribution in [0.4, 0.5) is 10.1 Å².